The molecule has 0 aliphatic rings. The van der Waals surface area contributed by atoms with Crippen LogP contribution in [0.2, 0.25) is 5.02 Å². The average molecular weight is 390 g/mol. The fourth-order valence-electron chi connectivity index (χ4n) is 1.87. The Morgan fingerprint density at radius 1 is 1.08 bits per heavy atom. The Hall–Kier alpha value is -2.19. The van der Waals surface area contributed by atoms with Crippen molar-refractivity contribution in [1.29, 1.82) is 0 Å². The number of nitrogens with one attached hydrogen (secondary N) is 1. The first kappa shape index (κ1) is 19.1. The number of halogens is 4. The molecule has 0 saturated carbocycles. The monoisotopic (exact) mass is 389 g/mol. The molecule has 0 unspecified atom stereocenters. The minimum absolute atomic E-state index is 0.0326. The van der Waals surface area contributed by atoms with E-state index in [1.807, 2.05) is 0 Å². The number of esters is 1. The molecule has 1 N–H and O–H groups in total. The number of ether oxygens (including phenoxy) is 1. The molecule has 2 aromatic carbocycles. The second-order valence-corrected chi connectivity index (χ2v) is 6.26. The lowest BCUT2D eigenvalue weighted by Crippen LogP contribution is -2.13. The quantitative estimate of drug-likeness (QED) is 0.591. The maximum absolute atomic E-state index is 12.3. The van der Waals surface area contributed by atoms with Gasteiger partial charge in [-0.3, -0.25) is 4.79 Å². The van der Waals surface area contributed by atoms with E-state index in [0.29, 0.717) is 0 Å². The molecule has 2 rings (SSSR count). The zero-order chi connectivity index (χ0) is 18.6. The van der Waals surface area contributed by atoms with Crippen LogP contribution in [0.5, 0.6) is 0 Å². The molecule has 132 valence electrons. The van der Waals surface area contributed by atoms with Crippen LogP contribution in [-0.2, 0) is 4.74 Å². The van der Waals surface area contributed by atoms with Gasteiger partial charge in [0.1, 0.15) is 0 Å². The van der Waals surface area contributed by atoms with E-state index >= 15 is 0 Å². The van der Waals surface area contributed by atoms with Crippen molar-refractivity contribution in [3.05, 3.63) is 58.6 Å². The van der Waals surface area contributed by atoms with Crippen molar-refractivity contribution in [3.8, 4) is 0 Å². The molecule has 4 nitrogen and oxygen atoms in total. The molecular formula is C16H11ClF3NO3S. The summed E-state index contributed by atoms with van der Waals surface area (Å²) in [6.45, 7) is 0. The summed E-state index contributed by atoms with van der Waals surface area (Å²) in [5, 5.41) is 2.71. The molecule has 0 bridgehead atoms. The van der Waals surface area contributed by atoms with Gasteiger partial charge >= 0.3 is 11.5 Å². The van der Waals surface area contributed by atoms with Crippen LogP contribution in [0.15, 0.2) is 47.4 Å². The minimum Gasteiger partial charge on any atom is -0.465 e. The van der Waals surface area contributed by atoms with Crippen LogP contribution in [0.3, 0.4) is 0 Å². The number of amides is 1. The number of carbonyl (C=O) groups is 2. The maximum atomic E-state index is 12.3. The van der Waals surface area contributed by atoms with Gasteiger partial charge in [0.05, 0.1) is 23.4 Å². The Bertz CT molecular complexity index is 794. The first-order valence-corrected chi connectivity index (χ1v) is 7.94. The van der Waals surface area contributed by atoms with E-state index in [1.54, 1.807) is 0 Å². The van der Waals surface area contributed by atoms with Crippen LogP contribution in [0.25, 0.3) is 0 Å². The van der Waals surface area contributed by atoms with Gasteiger partial charge in [0, 0.05) is 10.5 Å². The summed E-state index contributed by atoms with van der Waals surface area (Å²) in [6.07, 6.45) is 0. The summed E-state index contributed by atoms with van der Waals surface area (Å²) in [6, 6.07) is 9.13. The van der Waals surface area contributed by atoms with Crippen molar-refractivity contribution in [3.63, 3.8) is 0 Å². The van der Waals surface area contributed by atoms with E-state index in [0.717, 1.165) is 0 Å². The Morgan fingerprint density at radius 2 is 1.68 bits per heavy atom. The summed E-state index contributed by atoms with van der Waals surface area (Å²) in [7, 11) is 1.22. The van der Waals surface area contributed by atoms with E-state index in [2.05, 4.69) is 10.1 Å². The van der Waals surface area contributed by atoms with Crippen molar-refractivity contribution in [2.75, 3.05) is 12.4 Å². The highest BCUT2D eigenvalue weighted by Gasteiger charge is 2.29. The van der Waals surface area contributed by atoms with Crippen LogP contribution in [0.1, 0.15) is 20.7 Å². The molecule has 0 aromatic heterocycles. The molecule has 0 atom stereocenters. The topological polar surface area (TPSA) is 55.4 Å². The van der Waals surface area contributed by atoms with E-state index in [-0.39, 0.29) is 38.5 Å². The number of rotatable bonds is 4. The fraction of sp³-hybridized carbons (Fsp3) is 0.125. The lowest BCUT2D eigenvalue weighted by Gasteiger charge is -2.10. The molecule has 2 aromatic rings. The van der Waals surface area contributed by atoms with E-state index < -0.39 is 17.4 Å². The molecule has 0 fully saturated rings. The van der Waals surface area contributed by atoms with Crippen molar-refractivity contribution in [1.82, 2.24) is 0 Å². The molecule has 0 radical (unpaired) electrons. The first-order chi connectivity index (χ1) is 11.7. The number of benzene rings is 2. The Morgan fingerprint density at radius 3 is 2.24 bits per heavy atom. The Balaban J connectivity index is 2.15. The Kier molecular flexibility index (Phi) is 5.97. The number of hydrogen-bond donors (Lipinski definition) is 1. The van der Waals surface area contributed by atoms with Crippen molar-refractivity contribution in [2.45, 2.75) is 10.4 Å². The molecular weight excluding hydrogens is 379 g/mol. The van der Waals surface area contributed by atoms with Crippen LogP contribution < -0.4 is 5.32 Å². The number of hydrogen-bond acceptors (Lipinski definition) is 4. The normalized spacial score (nSPS) is 11.1. The van der Waals surface area contributed by atoms with Crippen molar-refractivity contribution in [2.24, 2.45) is 0 Å². The number of anilines is 1. The van der Waals surface area contributed by atoms with Crippen molar-refractivity contribution >= 4 is 40.9 Å². The van der Waals surface area contributed by atoms with Gasteiger partial charge in [-0.1, -0.05) is 11.6 Å². The number of alkyl halides is 3. The first-order valence-electron chi connectivity index (χ1n) is 6.74. The number of methoxy groups -OCH3 is 1. The lowest BCUT2D eigenvalue weighted by atomic mass is 10.1. The van der Waals surface area contributed by atoms with Crippen LogP contribution in [-0.4, -0.2) is 24.5 Å². The predicted molar refractivity (Wildman–Crippen MR) is 89.1 cm³/mol. The summed E-state index contributed by atoms with van der Waals surface area (Å²) in [5.74, 6) is -1.17. The summed E-state index contributed by atoms with van der Waals surface area (Å²) < 4.78 is 41.5. The third-order valence-corrected chi connectivity index (χ3v) is 4.05. The van der Waals surface area contributed by atoms with Crippen LogP contribution in [0.4, 0.5) is 18.9 Å². The Labute approximate surface area is 150 Å². The zero-order valence-corrected chi connectivity index (χ0v) is 14.3. The molecule has 1 amide bonds. The lowest BCUT2D eigenvalue weighted by molar-refractivity contribution is -0.0328. The standard InChI is InChI=1S/C16H11ClF3NO3S/c1-24-15(23)10-4-7-12(17)13(8-10)21-14(22)9-2-5-11(6-3-9)25-16(18,19)20/h2-8H,1H3,(H,21,22). The van der Waals surface area contributed by atoms with Gasteiger partial charge in [-0.05, 0) is 54.2 Å². The third kappa shape index (κ3) is 5.40. The molecule has 9 heteroatoms. The van der Waals surface area contributed by atoms with E-state index in [9.17, 15) is 22.8 Å². The summed E-state index contributed by atoms with van der Waals surface area (Å²) in [5.41, 5.74) is -3.88. The van der Waals surface area contributed by atoms with Gasteiger partial charge in [-0.2, -0.15) is 13.2 Å². The maximum Gasteiger partial charge on any atom is 0.446 e. The van der Waals surface area contributed by atoms with Gasteiger partial charge in [0.15, 0.2) is 0 Å². The van der Waals surface area contributed by atoms with Crippen molar-refractivity contribution < 1.29 is 27.5 Å². The molecule has 0 heterocycles. The fourth-order valence-corrected chi connectivity index (χ4v) is 2.57. The zero-order valence-electron chi connectivity index (χ0n) is 12.7. The molecule has 0 aliphatic carbocycles. The smallest absolute Gasteiger partial charge is 0.446 e. The van der Waals surface area contributed by atoms with E-state index in [4.69, 9.17) is 11.6 Å². The highest BCUT2D eigenvalue weighted by molar-refractivity contribution is 8.00. The highest BCUT2D eigenvalue weighted by Crippen LogP contribution is 2.36. The van der Waals surface area contributed by atoms with Gasteiger partial charge in [0.25, 0.3) is 5.91 Å². The predicted octanol–water partition coefficient (Wildman–Crippen LogP) is 4.99. The van der Waals surface area contributed by atoms with Crippen LogP contribution >= 0.6 is 23.4 Å². The summed E-state index contributed by atoms with van der Waals surface area (Å²) >= 11 is 5.71. The van der Waals surface area contributed by atoms with Gasteiger partial charge in [-0.15, -0.1) is 0 Å². The minimum atomic E-state index is -4.40. The molecule has 0 aliphatic heterocycles. The highest BCUT2D eigenvalue weighted by atomic mass is 35.5. The van der Waals surface area contributed by atoms with E-state index in [1.165, 1.54) is 49.6 Å². The summed E-state index contributed by atoms with van der Waals surface area (Å²) in [4.78, 5) is 23.7. The third-order valence-electron chi connectivity index (χ3n) is 2.99. The van der Waals surface area contributed by atoms with Gasteiger partial charge in [-0.25, -0.2) is 4.79 Å². The second-order valence-electron chi connectivity index (χ2n) is 4.71. The largest absolute Gasteiger partial charge is 0.465 e. The average Bonchev–Trinajstić information content (AvgIpc) is 2.55. The molecule has 25 heavy (non-hydrogen) atoms. The molecule has 0 spiro atoms. The van der Waals surface area contributed by atoms with Gasteiger partial charge < -0.3 is 10.1 Å². The van der Waals surface area contributed by atoms with Crippen LogP contribution in [0, 0.1) is 0 Å². The SMILES string of the molecule is COC(=O)c1ccc(Cl)c(NC(=O)c2ccc(SC(F)(F)F)cc2)c1. The molecule has 0 saturated heterocycles. The number of thioether (sulfide) groups is 1. The number of carbonyl (C=O) groups excluding carboxylic acids is 2. The second kappa shape index (κ2) is 7.79. The van der Waals surface area contributed by atoms with Gasteiger partial charge in [0.2, 0.25) is 0 Å².